The molecule has 0 atom stereocenters. The minimum Gasteiger partial charge on any atom is -0.490 e. The lowest BCUT2D eigenvalue weighted by atomic mass is 10.1. The first-order valence-corrected chi connectivity index (χ1v) is 15.4. The Morgan fingerprint density at radius 1 is 1.12 bits per heavy atom. The Labute approximate surface area is 241 Å². The van der Waals surface area contributed by atoms with Gasteiger partial charge in [-0.2, -0.15) is 0 Å². The monoisotopic (exact) mass is 562 g/mol. The van der Waals surface area contributed by atoms with E-state index in [4.69, 9.17) is 14.5 Å². The summed E-state index contributed by atoms with van der Waals surface area (Å²) < 4.78 is 17.8. The lowest BCUT2D eigenvalue weighted by molar-refractivity contribution is 0.0126. The van der Waals surface area contributed by atoms with Crippen LogP contribution in [0.5, 0.6) is 5.75 Å². The Bertz CT molecular complexity index is 1440. The van der Waals surface area contributed by atoms with Crippen molar-refractivity contribution in [2.75, 3.05) is 13.1 Å². The number of amides is 1. The summed E-state index contributed by atoms with van der Waals surface area (Å²) in [4.78, 5) is 19.2. The van der Waals surface area contributed by atoms with Gasteiger partial charge in [-0.05, 0) is 75.2 Å². The van der Waals surface area contributed by atoms with Gasteiger partial charge >= 0.3 is 6.09 Å². The third kappa shape index (κ3) is 6.72. The van der Waals surface area contributed by atoms with E-state index >= 15 is 0 Å². The van der Waals surface area contributed by atoms with Gasteiger partial charge in [-0.3, -0.25) is 0 Å². The zero-order chi connectivity index (χ0) is 28.3. The topological polar surface area (TPSA) is 61.5 Å². The van der Waals surface area contributed by atoms with Gasteiger partial charge in [-0.15, -0.1) is 11.3 Å². The molecule has 0 unspecified atom stereocenters. The van der Waals surface area contributed by atoms with E-state index in [1.165, 1.54) is 21.5 Å². The summed E-state index contributed by atoms with van der Waals surface area (Å²) in [6, 6.07) is 12.9. The number of rotatable bonds is 9. The molecule has 0 spiro atoms. The molecule has 0 saturated carbocycles. The summed E-state index contributed by atoms with van der Waals surface area (Å²) >= 11 is 1.78. The Morgan fingerprint density at radius 3 is 2.65 bits per heavy atom. The molecule has 4 heterocycles. The number of likely N-dealkylation sites (tertiary alicyclic amines) is 1. The molecule has 0 radical (unpaired) electrons. The highest BCUT2D eigenvalue weighted by Gasteiger charge is 2.27. The van der Waals surface area contributed by atoms with Crippen LogP contribution in [0.1, 0.15) is 64.6 Å². The first kappa shape index (κ1) is 28.3. The Balaban J connectivity index is 1.18. The highest BCUT2D eigenvalue weighted by atomic mass is 32.1. The van der Waals surface area contributed by atoms with Crippen molar-refractivity contribution in [3.05, 3.63) is 59.2 Å². The average molecular weight is 563 g/mol. The predicted molar refractivity (Wildman–Crippen MR) is 162 cm³/mol. The van der Waals surface area contributed by atoms with Crippen LogP contribution in [0.3, 0.4) is 0 Å². The smallest absolute Gasteiger partial charge is 0.410 e. The molecule has 0 aliphatic carbocycles. The number of hydrogen-bond donors (Lipinski definition) is 0. The lowest BCUT2D eigenvalue weighted by Gasteiger charge is -2.33. The maximum Gasteiger partial charge on any atom is 0.410 e. The second-order valence-corrected chi connectivity index (χ2v) is 12.7. The molecule has 1 aromatic carbocycles. The summed E-state index contributed by atoms with van der Waals surface area (Å²) in [7, 11) is 2.13. The van der Waals surface area contributed by atoms with Crippen LogP contribution >= 0.6 is 11.3 Å². The number of nitrogens with zero attached hydrogens (tertiary/aromatic N) is 4. The molecule has 4 aromatic rings. The van der Waals surface area contributed by atoms with Gasteiger partial charge in [0.15, 0.2) is 5.82 Å². The summed E-state index contributed by atoms with van der Waals surface area (Å²) in [5.41, 5.74) is 4.41. The molecule has 3 aromatic heterocycles. The highest BCUT2D eigenvalue weighted by molar-refractivity contribution is 7.17. The molecule has 0 N–H and O–H groups in total. The fourth-order valence-corrected chi connectivity index (χ4v) is 6.24. The van der Waals surface area contributed by atoms with Crippen LogP contribution < -0.4 is 4.74 Å². The fourth-order valence-electron chi connectivity index (χ4n) is 5.39. The third-order valence-electron chi connectivity index (χ3n) is 7.38. The number of piperidine rings is 1. The zero-order valence-corrected chi connectivity index (χ0v) is 25.3. The number of aromatic nitrogens is 3. The number of fused-ring (bicyclic) bond motifs is 1. The summed E-state index contributed by atoms with van der Waals surface area (Å²) in [6.45, 7) is 10.1. The molecule has 5 rings (SSSR count). The second kappa shape index (κ2) is 12.1. The number of hydrogen-bond acceptors (Lipinski definition) is 5. The van der Waals surface area contributed by atoms with Crippen molar-refractivity contribution in [3.8, 4) is 17.3 Å². The first-order valence-electron chi connectivity index (χ1n) is 14.5. The van der Waals surface area contributed by atoms with Crippen molar-refractivity contribution < 1.29 is 14.3 Å². The maximum atomic E-state index is 12.4. The zero-order valence-electron chi connectivity index (χ0n) is 24.5. The van der Waals surface area contributed by atoms with Crippen LogP contribution in [0.15, 0.2) is 48.0 Å². The molecule has 40 heavy (non-hydrogen) atoms. The number of thiophene rings is 1. The van der Waals surface area contributed by atoms with Crippen LogP contribution in [0.4, 0.5) is 4.79 Å². The molecule has 8 heteroatoms. The molecule has 1 fully saturated rings. The predicted octanol–water partition coefficient (Wildman–Crippen LogP) is 7.47. The van der Waals surface area contributed by atoms with Crippen LogP contribution in [-0.2, 0) is 31.2 Å². The van der Waals surface area contributed by atoms with Crippen molar-refractivity contribution in [1.82, 2.24) is 19.0 Å². The Hall–Kier alpha value is -3.26. The minimum atomic E-state index is -0.472. The van der Waals surface area contributed by atoms with E-state index in [2.05, 4.69) is 65.0 Å². The average Bonchev–Trinajstić information content (AvgIpc) is 3.60. The maximum absolute atomic E-state index is 12.4. The molecule has 1 amide bonds. The van der Waals surface area contributed by atoms with E-state index in [0.717, 1.165) is 62.3 Å². The second-order valence-electron chi connectivity index (χ2n) is 11.8. The number of ether oxygens (including phenoxy) is 2. The van der Waals surface area contributed by atoms with Crippen LogP contribution in [0, 0.1) is 0 Å². The number of benzene rings is 1. The Morgan fingerprint density at radius 2 is 1.93 bits per heavy atom. The number of carbonyl (C=O) groups is 1. The third-order valence-corrected chi connectivity index (χ3v) is 8.24. The fraction of sp³-hybridized carbons (Fsp3) is 0.500. The lowest BCUT2D eigenvalue weighted by Crippen LogP contribution is -2.44. The van der Waals surface area contributed by atoms with E-state index < -0.39 is 5.60 Å². The van der Waals surface area contributed by atoms with Crippen LogP contribution in [-0.4, -0.2) is 49.9 Å². The van der Waals surface area contributed by atoms with Gasteiger partial charge < -0.3 is 23.5 Å². The van der Waals surface area contributed by atoms with Gasteiger partial charge in [0, 0.05) is 45.7 Å². The van der Waals surface area contributed by atoms with Gasteiger partial charge in [0.2, 0.25) is 0 Å². The summed E-state index contributed by atoms with van der Waals surface area (Å²) in [6.07, 6.45) is 7.81. The standard InChI is InChI=1S/C32H42N4O3S/c1-6-9-24-22-36(30(33-24)28-21-29-27(34(28)5)15-19-40-29)16-8-11-23-10-7-12-26(20-23)38-25-13-17-35(18-14-25)31(37)39-32(2,3)4/h7,10,12,15,19-22,25H,6,8-9,11,13-14,16-18H2,1-5H3. The van der Waals surface area contributed by atoms with Crippen molar-refractivity contribution >= 4 is 27.6 Å². The van der Waals surface area contributed by atoms with E-state index in [0.29, 0.717) is 13.1 Å². The van der Waals surface area contributed by atoms with Crippen molar-refractivity contribution in [2.24, 2.45) is 7.05 Å². The number of aryl methyl sites for hydroxylation is 4. The van der Waals surface area contributed by atoms with Gasteiger partial charge in [0.25, 0.3) is 0 Å². The van der Waals surface area contributed by atoms with Crippen molar-refractivity contribution in [1.29, 1.82) is 0 Å². The minimum absolute atomic E-state index is 0.111. The normalized spacial score (nSPS) is 14.7. The van der Waals surface area contributed by atoms with Gasteiger partial charge in [-0.1, -0.05) is 25.5 Å². The molecule has 214 valence electrons. The van der Waals surface area contributed by atoms with Crippen LogP contribution in [0.25, 0.3) is 21.7 Å². The molecule has 1 aliphatic rings. The quantitative estimate of drug-likeness (QED) is 0.212. The summed E-state index contributed by atoms with van der Waals surface area (Å²) in [5.74, 6) is 1.97. The van der Waals surface area contributed by atoms with Crippen molar-refractivity contribution in [3.63, 3.8) is 0 Å². The molecule has 7 nitrogen and oxygen atoms in total. The van der Waals surface area contributed by atoms with E-state index in [1.54, 1.807) is 16.2 Å². The van der Waals surface area contributed by atoms with Gasteiger partial charge in [0.05, 0.1) is 21.6 Å². The summed E-state index contributed by atoms with van der Waals surface area (Å²) in [5, 5.41) is 2.15. The number of imidazole rings is 1. The SMILES string of the molecule is CCCc1cn(CCCc2cccc(OC3CCN(C(=O)OC(C)(C)C)CC3)c2)c(-c2cc3sccc3n2C)n1. The van der Waals surface area contributed by atoms with Gasteiger partial charge in [0.1, 0.15) is 17.5 Å². The molecular weight excluding hydrogens is 520 g/mol. The van der Waals surface area contributed by atoms with Crippen molar-refractivity contribution in [2.45, 2.75) is 84.5 Å². The highest BCUT2D eigenvalue weighted by Crippen LogP contribution is 2.31. The van der Waals surface area contributed by atoms with E-state index in [1.807, 2.05) is 26.8 Å². The molecule has 1 aliphatic heterocycles. The van der Waals surface area contributed by atoms with Gasteiger partial charge in [-0.25, -0.2) is 9.78 Å². The largest absolute Gasteiger partial charge is 0.490 e. The molecule has 0 bridgehead atoms. The van der Waals surface area contributed by atoms with Crippen LogP contribution in [0.2, 0.25) is 0 Å². The number of carbonyl (C=O) groups excluding carboxylic acids is 1. The van der Waals surface area contributed by atoms with E-state index in [9.17, 15) is 4.79 Å². The molecule has 1 saturated heterocycles. The Kier molecular flexibility index (Phi) is 8.54. The molecular formula is C32H42N4O3S. The van der Waals surface area contributed by atoms with E-state index in [-0.39, 0.29) is 12.2 Å². The first-order chi connectivity index (χ1) is 19.2.